The maximum absolute atomic E-state index is 12.8. The molecule has 1 aromatic rings. The van der Waals surface area contributed by atoms with Gasteiger partial charge in [-0.05, 0) is 53.4 Å². The van der Waals surface area contributed by atoms with Gasteiger partial charge in [0.25, 0.3) is 0 Å². The number of piperidine rings is 1. The number of nitrogens with one attached hydrogen (secondary N) is 1. The lowest BCUT2D eigenvalue weighted by Gasteiger charge is -2.34. The van der Waals surface area contributed by atoms with Gasteiger partial charge in [0.05, 0.1) is 5.02 Å². The Morgan fingerprint density at radius 1 is 1.33 bits per heavy atom. The Bertz CT molecular complexity index is 606. The van der Waals surface area contributed by atoms with Gasteiger partial charge in [0.2, 0.25) is 10.0 Å². The summed E-state index contributed by atoms with van der Waals surface area (Å²) < 4.78 is 27.7. The van der Waals surface area contributed by atoms with Gasteiger partial charge in [-0.2, -0.15) is 4.31 Å². The third-order valence-electron chi connectivity index (χ3n) is 4.14. The zero-order chi connectivity index (χ0) is 14.3. The van der Waals surface area contributed by atoms with Crippen LogP contribution in [0.2, 0.25) is 5.02 Å². The minimum Gasteiger partial charge on any atom is -0.314 e. The van der Waals surface area contributed by atoms with Crippen LogP contribution in [0.25, 0.3) is 0 Å². The van der Waals surface area contributed by atoms with E-state index < -0.39 is 10.0 Å². The van der Waals surface area contributed by atoms with Crippen molar-refractivity contribution in [2.45, 2.75) is 23.8 Å². The summed E-state index contributed by atoms with van der Waals surface area (Å²) in [5.41, 5.74) is 0. The zero-order valence-electron chi connectivity index (χ0n) is 11.3. The predicted molar refractivity (Wildman–Crippen MR) is 89.7 cm³/mol. The Labute approximate surface area is 144 Å². The molecular formula is C13H17BrCl2N2O2S. The van der Waals surface area contributed by atoms with Crippen LogP contribution in [0.1, 0.15) is 12.8 Å². The second-order valence-corrected chi connectivity index (χ2v) is 8.45. The Morgan fingerprint density at radius 2 is 2.10 bits per heavy atom. The molecule has 0 radical (unpaired) electrons. The monoisotopic (exact) mass is 414 g/mol. The van der Waals surface area contributed by atoms with Gasteiger partial charge >= 0.3 is 0 Å². The smallest absolute Gasteiger partial charge is 0.245 e. The van der Waals surface area contributed by atoms with Crippen LogP contribution in [0, 0.1) is 5.92 Å². The molecule has 2 heterocycles. The fourth-order valence-electron chi connectivity index (χ4n) is 3.09. The van der Waals surface area contributed by atoms with Crippen LogP contribution < -0.4 is 5.32 Å². The van der Waals surface area contributed by atoms with E-state index in [1.807, 2.05) is 0 Å². The third kappa shape index (κ3) is 3.26. The minimum absolute atomic E-state index is 0. The van der Waals surface area contributed by atoms with Crippen molar-refractivity contribution in [1.82, 2.24) is 9.62 Å². The van der Waals surface area contributed by atoms with E-state index in [0.29, 0.717) is 29.5 Å². The molecule has 3 rings (SSSR count). The second kappa shape index (κ2) is 6.72. The maximum Gasteiger partial charge on any atom is 0.245 e. The van der Waals surface area contributed by atoms with Crippen LogP contribution in [0.5, 0.6) is 0 Å². The number of rotatable bonds is 2. The fourth-order valence-corrected chi connectivity index (χ4v) is 6.27. The van der Waals surface area contributed by atoms with Gasteiger partial charge in [-0.1, -0.05) is 17.7 Å². The molecule has 2 saturated heterocycles. The standard InChI is InChI=1S/C13H16BrClN2O2S.ClH/c14-10-2-1-3-11(15)13(10)20(18,19)17-7-5-12-9(8-17)4-6-16-12;/h1-3,9,12,16H,4-8H2;1H. The molecule has 2 aliphatic rings. The van der Waals surface area contributed by atoms with Crippen molar-refractivity contribution < 1.29 is 8.42 Å². The molecule has 0 aliphatic carbocycles. The van der Waals surface area contributed by atoms with Gasteiger partial charge in [-0.25, -0.2) is 8.42 Å². The summed E-state index contributed by atoms with van der Waals surface area (Å²) in [7, 11) is -3.54. The minimum atomic E-state index is -3.54. The molecule has 0 bridgehead atoms. The quantitative estimate of drug-likeness (QED) is 0.807. The Balaban J connectivity index is 0.00000161. The van der Waals surface area contributed by atoms with Gasteiger partial charge in [0.15, 0.2) is 0 Å². The maximum atomic E-state index is 12.8. The van der Waals surface area contributed by atoms with Gasteiger partial charge in [-0.3, -0.25) is 0 Å². The van der Waals surface area contributed by atoms with Crippen molar-refractivity contribution in [2.24, 2.45) is 5.92 Å². The lowest BCUT2D eigenvalue weighted by atomic mass is 9.95. The summed E-state index contributed by atoms with van der Waals surface area (Å²) in [6.07, 6.45) is 1.91. The van der Waals surface area contributed by atoms with E-state index in [-0.39, 0.29) is 22.3 Å². The van der Waals surface area contributed by atoms with Crippen molar-refractivity contribution in [3.05, 3.63) is 27.7 Å². The van der Waals surface area contributed by atoms with Crippen molar-refractivity contribution >= 4 is 50.0 Å². The van der Waals surface area contributed by atoms with Gasteiger partial charge in [-0.15, -0.1) is 12.4 Å². The van der Waals surface area contributed by atoms with Crippen molar-refractivity contribution in [1.29, 1.82) is 0 Å². The number of benzene rings is 1. The molecule has 21 heavy (non-hydrogen) atoms. The molecular weight excluding hydrogens is 399 g/mol. The molecule has 1 N–H and O–H groups in total. The summed E-state index contributed by atoms with van der Waals surface area (Å²) >= 11 is 9.40. The molecule has 2 aliphatic heterocycles. The Hall–Kier alpha value is 0.150. The molecule has 0 aromatic heterocycles. The first kappa shape index (κ1) is 17.5. The first-order valence-corrected chi connectivity index (χ1v) is 9.29. The number of nitrogens with zero attached hydrogens (tertiary/aromatic N) is 1. The van der Waals surface area contributed by atoms with Crippen molar-refractivity contribution in [2.75, 3.05) is 19.6 Å². The molecule has 0 saturated carbocycles. The highest BCUT2D eigenvalue weighted by atomic mass is 79.9. The molecule has 4 nitrogen and oxygen atoms in total. The zero-order valence-corrected chi connectivity index (χ0v) is 15.2. The van der Waals surface area contributed by atoms with Crippen LogP contribution in [-0.4, -0.2) is 38.4 Å². The molecule has 2 atom stereocenters. The van der Waals surface area contributed by atoms with E-state index in [9.17, 15) is 8.42 Å². The lowest BCUT2D eigenvalue weighted by molar-refractivity contribution is 0.247. The first-order chi connectivity index (χ1) is 9.50. The van der Waals surface area contributed by atoms with E-state index in [2.05, 4.69) is 21.2 Å². The highest BCUT2D eigenvalue weighted by molar-refractivity contribution is 9.10. The van der Waals surface area contributed by atoms with Crippen molar-refractivity contribution in [3.8, 4) is 0 Å². The molecule has 0 spiro atoms. The summed E-state index contributed by atoms with van der Waals surface area (Å²) in [5, 5.41) is 3.71. The van der Waals surface area contributed by atoms with E-state index >= 15 is 0 Å². The van der Waals surface area contributed by atoms with Crippen LogP contribution in [0.3, 0.4) is 0 Å². The SMILES string of the molecule is Cl.O=S(=O)(c1c(Cl)cccc1Br)N1CCC2NCCC2C1. The normalized spacial score (nSPS) is 26.2. The summed E-state index contributed by atoms with van der Waals surface area (Å²) in [4.78, 5) is 0.186. The number of sulfonamides is 1. The molecule has 2 fully saturated rings. The topological polar surface area (TPSA) is 49.4 Å². The van der Waals surface area contributed by atoms with Crippen LogP contribution in [-0.2, 0) is 10.0 Å². The van der Waals surface area contributed by atoms with E-state index in [1.54, 1.807) is 22.5 Å². The Kier molecular flexibility index (Phi) is 5.60. The summed E-state index contributed by atoms with van der Waals surface area (Å²) in [6, 6.07) is 5.53. The largest absolute Gasteiger partial charge is 0.314 e. The van der Waals surface area contributed by atoms with Gasteiger partial charge in [0, 0.05) is 23.6 Å². The van der Waals surface area contributed by atoms with Gasteiger partial charge in [0.1, 0.15) is 4.90 Å². The summed E-state index contributed by atoms with van der Waals surface area (Å²) in [6.45, 7) is 2.12. The highest BCUT2D eigenvalue weighted by Crippen LogP contribution is 2.34. The number of halogens is 3. The molecule has 118 valence electrons. The number of fused-ring (bicyclic) bond motifs is 1. The predicted octanol–water partition coefficient (Wildman–Crippen LogP) is 2.90. The first-order valence-electron chi connectivity index (χ1n) is 6.67. The molecule has 0 amide bonds. The lowest BCUT2D eigenvalue weighted by Crippen LogP contribution is -2.46. The number of hydrogen-bond acceptors (Lipinski definition) is 3. The second-order valence-electron chi connectivity index (χ2n) is 5.31. The van der Waals surface area contributed by atoms with Gasteiger partial charge < -0.3 is 5.32 Å². The molecule has 2 unspecified atom stereocenters. The average Bonchev–Trinajstić information content (AvgIpc) is 2.85. The molecule has 8 heteroatoms. The van der Waals surface area contributed by atoms with E-state index in [1.165, 1.54) is 0 Å². The van der Waals surface area contributed by atoms with E-state index in [0.717, 1.165) is 19.4 Å². The van der Waals surface area contributed by atoms with Crippen LogP contribution in [0.4, 0.5) is 0 Å². The highest BCUT2D eigenvalue weighted by Gasteiger charge is 2.38. The van der Waals surface area contributed by atoms with Crippen LogP contribution >= 0.6 is 39.9 Å². The van der Waals surface area contributed by atoms with Crippen molar-refractivity contribution in [3.63, 3.8) is 0 Å². The third-order valence-corrected chi connectivity index (χ3v) is 7.45. The molecule has 1 aromatic carbocycles. The van der Waals surface area contributed by atoms with Crippen LogP contribution in [0.15, 0.2) is 27.6 Å². The Morgan fingerprint density at radius 3 is 2.81 bits per heavy atom. The van der Waals surface area contributed by atoms with E-state index in [4.69, 9.17) is 11.6 Å². The summed E-state index contributed by atoms with van der Waals surface area (Å²) in [5.74, 6) is 0.416. The average molecular weight is 416 g/mol. The fraction of sp³-hybridized carbons (Fsp3) is 0.538. The number of hydrogen-bond donors (Lipinski definition) is 1.